The highest BCUT2D eigenvalue weighted by molar-refractivity contribution is 6.07. The van der Waals surface area contributed by atoms with Gasteiger partial charge < -0.3 is 14.5 Å². The summed E-state index contributed by atoms with van der Waals surface area (Å²) < 4.78 is 6.80. The maximum Gasteiger partial charge on any atom is 0.152 e. The maximum atomic E-state index is 6.80. The molecule has 0 radical (unpaired) electrons. The summed E-state index contributed by atoms with van der Waals surface area (Å²) >= 11 is 0. The predicted octanol–water partition coefficient (Wildman–Crippen LogP) is 15.0. The monoisotopic (exact) mass is 718 g/mol. The molecule has 0 bridgehead atoms. The average molecular weight is 719 g/mol. The lowest BCUT2D eigenvalue weighted by molar-refractivity contribution is 0.472. The van der Waals surface area contributed by atoms with Crippen LogP contribution in [0.5, 0.6) is 11.5 Å². The van der Waals surface area contributed by atoms with Gasteiger partial charge in [0.15, 0.2) is 11.5 Å². The molecule has 11 rings (SSSR count). The standard InChI is InChI=1S/C53H38N2O/c1-53(2)46-18-10-11-19-47(46)55-51-45-17-9-8-15-38(45)25-32-48(51)56-49-33-31-44(50(53)52(49)55)39-23-28-42(29-24-39)54(43-30-22-36-14-6-7-16-40(36)34-43)41-26-20-37(21-27-41)35-12-4-3-5-13-35/h3-34H,1-2H3. The highest BCUT2D eigenvalue weighted by Crippen LogP contribution is 2.62. The molecule has 0 saturated carbocycles. The van der Waals surface area contributed by atoms with Crippen LogP contribution in [-0.4, -0.2) is 0 Å². The molecule has 56 heavy (non-hydrogen) atoms. The molecule has 266 valence electrons. The van der Waals surface area contributed by atoms with Gasteiger partial charge in [0.05, 0.1) is 17.1 Å². The van der Waals surface area contributed by atoms with Crippen molar-refractivity contribution in [3.8, 4) is 33.8 Å². The zero-order valence-corrected chi connectivity index (χ0v) is 31.3. The van der Waals surface area contributed by atoms with Crippen molar-refractivity contribution in [3.05, 3.63) is 205 Å². The molecule has 2 aliphatic rings. The highest BCUT2D eigenvalue weighted by atomic mass is 16.5. The minimum absolute atomic E-state index is 0.296. The summed E-state index contributed by atoms with van der Waals surface area (Å²) in [5.74, 6) is 1.76. The first-order valence-corrected chi connectivity index (χ1v) is 19.3. The number of fused-ring (bicyclic) bond motifs is 7. The van der Waals surface area contributed by atoms with Crippen LogP contribution in [0.4, 0.5) is 34.1 Å². The fraction of sp³-hybridized carbons (Fsp3) is 0.0566. The third-order valence-electron chi connectivity index (χ3n) is 11.8. The van der Waals surface area contributed by atoms with Crippen LogP contribution >= 0.6 is 0 Å². The number of nitrogens with zero attached hydrogens (tertiary/aromatic N) is 2. The van der Waals surface area contributed by atoms with Crippen LogP contribution in [0.15, 0.2) is 194 Å². The second kappa shape index (κ2) is 12.5. The van der Waals surface area contributed by atoms with Gasteiger partial charge in [0.25, 0.3) is 0 Å². The molecule has 0 amide bonds. The summed E-state index contributed by atoms with van der Waals surface area (Å²) in [7, 11) is 0. The van der Waals surface area contributed by atoms with Crippen molar-refractivity contribution in [1.29, 1.82) is 0 Å². The van der Waals surface area contributed by atoms with Crippen molar-refractivity contribution >= 4 is 55.7 Å². The van der Waals surface area contributed by atoms with Crippen LogP contribution in [0.1, 0.15) is 25.0 Å². The van der Waals surface area contributed by atoms with Gasteiger partial charge in [0.2, 0.25) is 0 Å². The predicted molar refractivity (Wildman–Crippen MR) is 234 cm³/mol. The molecule has 2 aliphatic heterocycles. The molecule has 0 saturated heterocycles. The van der Waals surface area contributed by atoms with Crippen LogP contribution < -0.4 is 14.5 Å². The van der Waals surface area contributed by atoms with E-state index in [0.29, 0.717) is 0 Å². The molecule has 3 nitrogen and oxygen atoms in total. The van der Waals surface area contributed by atoms with E-state index in [1.54, 1.807) is 0 Å². The van der Waals surface area contributed by atoms with Crippen LogP contribution in [0.25, 0.3) is 43.8 Å². The van der Waals surface area contributed by atoms with Gasteiger partial charge in [-0.25, -0.2) is 0 Å². The van der Waals surface area contributed by atoms with Gasteiger partial charge in [0, 0.05) is 27.9 Å². The van der Waals surface area contributed by atoms with Crippen molar-refractivity contribution in [2.75, 3.05) is 9.80 Å². The maximum absolute atomic E-state index is 6.80. The van der Waals surface area contributed by atoms with Crippen molar-refractivity contribution in [2.45, 2.75) is 19.3 Å². The molecule has 9 aromatic rings. The lowest BCUT2D eigenvalue weighted by Gasteiger charge is -2.46. The number of anilines is 6. The van der Waals surface area contributed by atoms with Gasteiger partial charge in [-0.1, -0.05) is 153 Å². The first-order chi connectivity index (χ1) is 27.5. The summed E-state index contributed by atoms with van der Waals surface area (Å²) in [6, 6.07) is 70.1. The van der Waals surface area contributed by atoms with Gasteiger partial charge in [0.1, 0.15) is 0 Å². The van der Waals surface area contributed by atoms with E-state index in [1.165, 1.54) is 60.6 Å². The summed E-state index contributed by atoms with van der Waals surface area (Å²) in [5.41, 5.74) is 13.8. The molecule has 2 heterocycles. The zero-order valence-electron chi connectivity index (χ0n) is 31.3. The summed E-state index contributed by atoms with van der Waals surface area (Å²) in [4.78, 5) is 4.82. The van der Waals surface area contributed by atoms with E-state index in [-0.39, 0.29) is 5.41 Å². The topological polar surface area (TPSA) is 15.7 Å². The first-order valence-electron chi connectivity index (χ1n) is 19.3. The van der Waals surface area contributed by atoms with Crippen LogP contribution in [0, 0.1) is 0 Å². The van der Waals surface area contributed by atoms with Crippen LogP contribution in [0.3, 0.4) is 0 Å². The highest BCUT2D eigenvalue weighted by Gasteiger charge is 2.43. The smallest absolute Gasteiger partial charge is 0.152 e. The van der Waals surface area contributed by atoms with E-state index in [4.69, 9.17) is 4.74 Å². The van der Waals surface area contributed by atoms with Gasteiger partial charge in [-0.05, 0) is 104 Å². The Bertz CT molecular complexity index is 2970. The lowest BCUT2D eigenvalue weighted by atomic mass is 9.70. The third-order valence-corrected chi connectivity index (χ3v) is 11.8. The largest absolute Gasteiger partial charge is 0.453 e. The molecule has 0 unspecified atom stereocenters. The number of para-hydroxylation sites is 1. The molecule has 3 heteroatoms. The number of ether oxygens (including phenoxy) is 1. The van der Waals surface area contributed by atoms with E-state index in [0.717, 1.165) is 39.9 Å². The van der Waals surface area contributed by atoms with Gasteiger partial charge in [-0.3, -0.25) is 0 Å². The zero-order chi connectivity index (χ0) is 37.4. The van der Waals surface area contributed by atoms with Crippen molar-refractivity contribution < 1.29 is 4.74 Å². The van der Waals surface area contributed by atoms with E-state index >= 15 is 0 Å². The first kappa shape index (κ1) is 32.3. The fourth-order valence-corrected chi connectivity index (χ4v) is 9.09. The summed E-state index contributed by atoms with van der Waals surface area (Å²) in [5, 5.41) is 4.81. The Balaban J connectivity index is 1.06. The Hall–Kier alpha value is -7.10. The molecule has 0 aliphatic carbocycles. The minimum atomic E-state index is -0.296. The fourth-order valence-electron chi connectivity index (χ4n) is 9.09. The number of hydrogen-bond donors (Lipinski definition) is 0. The van der Waals surface area contributed by atoms with E-state index in [9.17, 15) is 0 Å². The second-order valence-corrected chi connectivity index (χ2v) is 15.4. The Morgan fingerprint density at radius 2 is 1.02 bits per heavy atom. The van der Waals surface area contributed by atoms with Crippen molar-refractivity contribution in [2.24, 2.45) is 0 Å². The molecule has 0 atom stereocenters. The van der Waals surface area contributed by atoms with Gasteiger partial charge in [-0.15, -0.1) is 0 Å². The molecule has 0 N–H and O–H groups in total. The van der Waals surface area contributed by atoms with E-state index in [1.807, 2.05) is 0 Å². The quantitative estimate of drug-likeness (QED) is 0.176. The second-order valence-electron chi connectivity index (χ2n) is 15.4. The minimum Gasteiger partial charge on any atom is -0.453 e. The summed E-state index contributed by atoms with van der Waals surface area (Å²) in [6.45, 7) is 4.71. The number of benzene rings is 9. The Kier molecular flexibility index (Phi) is 7.20. The molecule has 0 spiro atoms. The number of rotatable bonds is 5. The normalized spacial score (nSPS) is 13.4. The molecular formula is C53H38N2O. The molecule has 0 fully saturated rings. The van der Waals surface area contributed by atoms with E-state index in [2.05, 4.69) is 218 Å². The van der Waals surface area contributed by atoms with Gasteiger partial charge >= 0.3 is 0 Å². The Morgan fingerprint density at radius 3 is 1.80 bits per heavy atom. The van der Waals surface area contributed by atoms with Gasteiger partial charge in [-0.2, -0.15) is 0 Å². The third kappa shape index (κ3) is 4.98. The lowest BCUT2D eigenvalue weighted by Crippen LogP contribution is -2.33. The SMILES string of the molecule is CC1(C)c2ccccc2N2c3c(ccc(-c4ccc(N(c5ccc(-c6ccccc6)cc5)c5ccc6ccccc6c5)cc4)c31)Oc1ccc3ccccc3c12. The average Bonchev–Trinajstić information content (AvgIpc) is 3.25. The van der Waals surface area contributed by atoms with Crippen molar-refractivity contribution in [3.63, 3.8) is 0 Å². The number of hydrogen-bond acceptors (Lipinski definition) is 3. The van der Waals surface area contributed by atoms with Crippen molar-refractivity contribution in [1.82, 2.24) is 0 Å². The van der Waals surface area contributed by atoms with Crippen LogP contribution in [0.2, 0.25) is 0 Å². The molecule has 9 aromatic carbocycles. The Morgan fingerprint density at radius 1 is 0.446 bits per heavy atom. The molecule has 0 aromatic heterocycles. The van der Waals surface area contributed by atoms with E-state index < -0.39 is 0 Å². The van der Waals surface area contributed by atoms with Crippen LogP contribution in [-0.2, 0) is 5.41 Å². The Labute approximate surface area is 327 Å². The molecular weight excluding hydrogens is 681 g/mol. The summed E-state index contributed by atoms with van der Waals surface area (Å²) in [6.07, 6.45) is 0.